The Balaban J connectivity index is 1.73. The van der Waals surface area contributed by atoms with Crippen molar-refractivity contribution in [2.75, 3.05) is 16.7 Å². The molecular weight excluding hydrogens is 400 g/mol. The van der Waals surface area contributed by atoms with Crippen LogP contribution in [-0.4, -0.2) is 21.4 Å². The number of fused-ring (bicyclic) bond motifs is 2. The maximum atomic E-state index is 12.9. The first-order valence-corrected chi connectivity index (χ1v) is 10.2. The zero-order chi connectivity index (χ0) is 19.9. The lowest BCUT2D eigenvalue weighted by molar-refractivity contribution is 0.0993. The quantitative estimate of drug-likeness (QED) is 0.683. The number of hydrogen-bond donors (Lipinski definition) is 1. The van der Waals surface area contributed by atoms with Crippen molar-refractivity contribution < 1.29 is 17.9 Å². The second-order valence-corrected chi connectivity index (χ2v) is 8.32. The molecule has 0 fully saturated rings. The highest BCUT2D eigenvalue weighted by atomic mass is 35.5. The summed E-state index contributed by atoms with van der Waals surface area (Å²) < 4.78 is 33.8. The van der Waals surface area contributed by atoms with Crippen molar-refractivity contribution in [1.82, 2.24) is 0 Å². The molecule has 1 heterocycles. The van der Waals surface area contributed by atoms with Crippen LogP contribution >= 0.6 is 11.6 Å². The number of nitrogens with zero attached hydrogens (tertiary/aromatic N) is 1. The Hall–Kier alpha value is -3.03. The van der Waals surface area contributed by atoms with Crippen LogP contribution in [0, 0.1) is 0 Å². The fourth-order valence-electron chi connectivity index (χ4n) is 2.89. The Morgan fingerprint density at radius 1 is 0.964 bits per heavy atom. The number of carbonyl (C=O) groups excluding carboxylic acids is 1. The zero-order valence-electron chi connectivity index (χ0n) is 14.7. The molecule has 28 heavy (non-hydrogen) atoms. The third-order valence-electron chi connectivity index (χ3n) is 4.34. The van der Waals surface area contributed by atoms with Gasteiger partial charge in [-0.2, -0.15) is 0 Å². The summed E-state index contributed by atoms with van der Waals surface area (Å²) >= 11 is 5.83. The molecule has 1 aliphatic rings. The van der Waals surface area contributed by atoms with E-state index in [-0.39, 0.29) is 16.4 Å². The van der Waals surface area contributed by atoms with Gasteiger partial charge in [0, 0.05) is 17.8 Å². The highest BCUT2D eigenvalue weighted by Gasteiger charge is 2.27. The number of nitrogens with one attached hydrogen (secondary N) is 1. The number of rotatable bonds is 3. The number of para-hydroxylation sites is 2. The first-order valence-electron chi connectivity index (χ1n) is 8.32. The summed E-state index contributed by atoms with van der Waals surface area (Å²) in [5.74, 6) is 0.461. The molecule has 1 N–H and O–H groups in total. The minimum atomic E-state index is -3.90. The van der Waals surface area contributed by atoms with Crippen molar-refractivity contribution in [2.45, 2.75) is 4.90 Å². The molecule has 142 valence electrons. The molecule has 3 aromatic rings. The molecule has 0 spiro atoms. The van der Waals surface area contributed by atoms with Crippen molar-refractivity contribution in [2.24, 2.45) is 0 Å². The van der Waals surface area contributed by atoms with Gasteiger partial charge < -0.3 is 9.64 Å². The van der Waals surface area contributed by atoms with Crippen molar-refractivity contribution in [1.29, 1.82) is 0 Å². The number of hydrogen-bond acceptors (Lipinski definition) is 4. The minimum Gasteiger partial charge on any atom is -0.454 e. The molecule has 4 rings (SSSR count). The van der Waals surface area contributed by atoms with Crippen LogP contribution in [-0.2, 0) is 10.0 Å². The second kappa shape index (κ2) is 6.85. The number of amides is 1. The summed E-state index contributed by atoms with van der Waals surface area (Å²) in [6.45, 7) is 0. The molecule has 0 saturated heterocycles. The van der Waals surface area contributed by atoms with Crippen LogP contribution in [0.1, 0.15) is 10.4 Å². The Morgan fingerprint density at radius 2 is 1.68 bits per heavy atom. The molecule has 3 aromatic carbocycles. The van der Waals surface area contributed by atoms with E-state index in [9.17, 15) is 13.2 Å². The summed E-state index contributed by atoms with van der Waals surface area (Å²) in [7, 11) is -2.28. The highest BCUT2D eigenvalue weighted by Crippen LogP contribution is 2.38. The molecule has 1 aliphatic heterocycles. The first-order chi connectivity index (χ1) is 13.3. The molecule has 0 aliphatic carbocycles. The van der Waals surface area contributed by atoms with Gasteiger partial charge in [-0.3, -0.25) is 9.52 Å². The Morgan fingerprint density at radius 3 is 2.43 bits per heavy atom. The standard InChI is InChI=1S/C20H15ClN2O4S/c1-23-17-4-2-3-5-19(17)27-18-11-10-15(12-16(18)20(23)24)28(25,26)22-14-8-6-13(21)7-9-14/h2-12,22H,1H3. The van der Waals surface area contributed by atoms with E-state index in [1.54, 1.807) is 55.6 Å². The lowest BCUT2D eigenvalue weighted by atomic mass is 10.2. The zero-order valence-corrected chi connectivity index (χ0v) is 16.3. The van der Waals surface area contributed by atoms with Gasteiger partial charge in [0.2, 0.25) is 0 Å². The smallest absolute Gasteiger partial charge is 0.261 e. The third kappa shape index (κ3) is 3.30. The fourth-order valence-corrected chi connectivity index (χ4v) is 4.10. The third-order valence-corrected chi connectivity index (χ3v) is 5.97. The van der Waals surface area contributed by atoms with Gasteiger partial charge in [0.1, 0.15) is 5.75 Å². The van der Waals surface area contributed by atoms with E-state index in [1.165, 1.54) is 23.1 Å². The molecule has 8 heteroatoms. The molecular formula is C20H15ClN2O4S. The monoisotopic (exact) mass is 414 g/mol. The summed E-state index contributed by atoms with van der Waals surface area (Å²) in [5, 5.41) is 0.498. The van der Waals surface area contributed by atoms with Crippen molar-refractivity contribution >= 4 is 38.9 Å². The summed E-state index contributed by atoms with van der Waals surface area (Å²) in [6.07, 6.45) is 0. The SMILES string of the molecule is CN1C(=O)c2cc(S(=O)(=O)Nc3ccc(Cl)cc3)ccc2Oc2ccccc21. The number of benzene rings is 3. The van der Waals surface area contributed by atoms with Crippen LogP contribution in [0.5, 0.6) is 11.5 Å². The molecule has 0 radical (unpaired) electrons. The van der Waals surface area contributed by atoms with Crippen LogP contribution in [0.25, 0.3) is 0 Å². The van der Waals surface area contributed by atoms with E-state index in [0.717, 1.165) is 0 Å². The van der Waals surface area contributed by atoms with Crippen molar-refractivity contribution in [3.8, 4) is 11.5 Å². The van der Waals surface area contributed by atoms with E-state index in [1.807, 2.05) is 0 Å². The van der Waals surface area contributed by atoms with Gasteiger partial charge in [-0.05, 0) is 54.6 Å². The van der Waals surface area contributed by atoms with Crippen molar-refractivity contribution in [3.63, 3.8) is 0 Å². The van der Waals surface area contributed by atoms with Crippen LogP contribution in [0.15, 0.2) is 71.6 Å². The van der Waals surface area contributed by atoms with Gasteiger partial charge in [0.05, 0.1) is 16.1 Å². The van der Waals surface area contributed by atoms with Gasteiger partial charge in [-0.15, -0.1) is 0 Å². The summed E-state index contributed by atoms with van der Waals surface area (Å²) in [6, 6.07) is 17.6. The maximum Gasteiger partial charge on any atom is 0.261 e. The summed E-state index contributed by atoms with van der Waals surface area (Å²) in [4.78, 5) is 14.3. The topological polar surface area (TPSA) is 75.7 Å². The number of carbonyl (C=O) groups is 1. The molecule has 6 nitrogen and oxygen atoms in total. The predicted octanol–water partition coefficient (Wildman–Crippen LogP) is 4.52. The molecule has 0 atom stereocenters. The molecule has 0 bridgehead atoms. The normalized spacial score (nSPS) is 13.2. The highest BCUT2D eigenvalue weighted by molar-refractivity contribution is 7.92. The Labute approximate surface area is 167 Å². The van der Waals surface area contributed by atoms with E-state index >= 15 is 0 Å². The van der Waals surface area contributed by atoms with E-state index in [4.69, 9.17) is 16.3 Å². The number of ether oxygens (including phenoxy) is 1. The molecule has 0 aromatic heterocycles. The lowest BCUT2D eigenvalue weighted by Crippen LogP contribution is -2.25. The first kappa shape index (κ1) is 18.3. The Bertz CT molecular complexity index is 1180. The van der Waals surface area contributed by atoms with Crippen LogP contribution in [0.3, 0.4) is 0 Å². The van der Waals surface area contributed by atoms with E-state index in [2.05, 4.69) is 4.72 Å². The van der Waals surface area contributed by atoms with E-state index in [0.29, 0.717) is 27.9 Å². The number of sulfonamides is 1. The van der Waals surface area contributed by atoms with Crippen molar-refractivity contribution in [3.05, 3.63) is 77.3 Å². The van der Waals surface area contributed by atoms with Gasteiger partial charge in [0.15, 0.2) is 5.75 Å². The Kier molecular flexibility index (Phi) is 4.49. The van der Waals surface area contributed by atoms with Gasteiger partial charge in [-0.25, -0.2) is 8.42 Å². The molecule has 0 saturated carbocycles. The lowest BCUT2D eigenvalue weighted by Gasteiger charge is -2.16. The second-order valence-electron chi connectivity index (χ2n) is 6.20. The molecule has 0 unspecified atom stereocenters. The van der Waals surface area contributed by atoms with Gasteiger partial charge in [0.25, 0.3) is 15.9 Å². The van der Waals surface area contributed by atoms with Gasteiger partial charge >= 0.3 is 0 Å². The number of halogens is 1. The van der Waals surface area contributed by atoms with E-state index < -0.39 is 10.0 Å². The predicted molar refractivity (Wildman–Crippen MR) is 108 cm³/mol. The largest absolute Gasteiger partial charge is 0.454 e. The van der Waals surface area contributed by atoms with Crippen LogP contribution in [0.2, 0.25) is 5.02 Å². The van der Waals surface area contributed by atoms with Crippen LogP contribution in [0.4, 0.5) is 11.4 Å². The fraction of sp³-hybridized carbons (Fsp3) is 0.0500. The average Bonchev–Trinajstić information content (AvgIpc) is 2.79. The maximum absolute atomic E-state index is 12.9. The van der Waals surface area contributed by atoms with Gasteiger partial charge in [-0.1, -0.05) is 23.7 Å². The van der Waals surface area contributed by atoms with Crippen LogP contribution < -0.4 is 14.4 Å². The molecule has 1 amide bonds. The number of anilines is 2. The summed E-state index contributed by atoms with van der Waals surface area (Å²) in [5.41, 5.74) is 1.14. The average molecular weight is 415 g/mol. The minimum absolute atomic E-state index is 0.0440.